The average molecular weight is 380 g/mol. The Morgan fingerprint density at radius 2 is 2.07 bits per heavy atom. The molecule has 1 atom stereocenters. The first kappa shape index (κ1) is 20.3. The SMILES string of the molecule is COCCN1C(=O)C(CC(=O)NCCCN2CCOCC2)=C2CCCCC21. The highest BCUT2D eigenvalue weighted by Gasteiger charge is 2.39. The maximum atomic E-state index is 12.9. The molecule has 0 aromatic heterocycles. The minimum atomic E-state index is -0.0363. The summed E-state index contributed by atoms with van der Waals surface area (Å²) in [6, 6.07) is 0.186. The summed E-state index contributed by atoms with van der Waals surface area (Å²) in [5.41, 5.74) is 1.94. The van der Waals surface area contributed by atoms with E-state index in [-0.39, 0.29) is 24.3 Å². The van der Waals surface area contributed by atoms with Crippen LogP contribution >= 0.6 is 0 Å². The quantitative estimate of drug-likeness (QED) is 0.604. The molecule has 0 aromatic carbocycles. The number of methoxy groups -OCH3 is 1. The highest BCUT2D eigenvalue weighted by molar-refractivity contribution is 6.02. The van der Waals surface area contributed by atoms with Crippen LogP contribution in [-0.4, -0.2) is 87.3 Å². The van der Waals surface area contributed by atoms with Gasteiger partial charge < -0.3 is 19.7 Å². The van der Waals surface area contributed by atoms with Crippen LogP contribution in [0, 0.1) is 0 Å². The summed E-state index contributed by atoms with van der Waals surface area (Å²) in [5.74, 6) is 0.00293. The average Bonchev–Trinajstić information content (AvgIpc) is 2.96. The number of rotatable bonds is 9. The summed E-state index contributed by atoms with van der Waals surface area (Å²) in [6.07, 6.45) is 5.35. The Bertz CT molecular complexity index is 557. The van der Waals surface area contributed by atoms with Crippen LogP contribution in [0.1, 0.15) is 38.5 Å². The lowest BCUT2D eigenvalue weighted by Crippen LogP contribution is -2.39. The van der Waals surface area contributed by atoms with E-state index < -0.39 is 0 Å². The zero-order chi connectivity index (χ0) is 19.1. The van der Waals surface area contributed by atoms with Gasteiger partial charge in [-0.2, -0.15) is 0 Å². The summed E-state index contributed by atoms with van der Waals surface area (Å²) >= 11 is 0. The van der Waals surface area contributed by atoms with Crippen molar-refractivity contribution in [1.29, 1.82) is 0 Å². The van der Waals surface area contributed by atoms with E-state index in [4.69, 9.17) is 9.47 Å². The zero-order valence-corrected chi connectivity index (χ0v) is 16.5. The molecule has 0 aromatic rings. The Kier molecular flexibility index (Phi) is 7.67. The summed E-state index contributed by atoms with van der Waals surface area (Å²) < 4.78 is 10.5. The number of carbonyl (C=O) groups excluding carboxylic acids is 2. The Morgan fingerprint density at radius 3 is 2.85 bits per heavy atom. The van der Waals surface area contributed by atoms with Gasteiger partial charge in [0, 0.05) is 38.9 Å². The fraction of sp³-hybridized carbons (Fsp3) is 0.800. The van der Waals surface area contributed by atoms with Crippen LogP contribution < -0.4 is 5.32 Å². The Labute approximate surface area is 162 Å². The second-order valence-electron chi connectivity index (χ2n) is 7.59. The van der Waals surface area contributed by atoms with Crippen molar-refractivity contribution in [3.05, 3.63) is 11.1 Å². The monoisotopic (exact) mass is 379 g/mol. The van der Waals surface area contributed by atoms with Gasteiger partial charge in [0.15, 0.2) is 0 Å². The molecule has 2 heterocycles. The van der Waals surface area contributed by atoms with Crippen LogP contribution in [0.15, 0.2) is 11.1 Å². The number of nitrogens with one attached hydrogen (secondary N) is 1. The summed E-state index contributed by atoms with van der Waals surface area (Å²) in [4.78, 5) is 29.6. The predicted molar refractivity (Wildman–Crippen MR) is 102 cm³/mol. The van der Waals surface area contributed by atoms with Crippen molar-refractivity contribution in [2.45, 2.75) is 44.6 Å². The van der Waals surface area contributed by atoms with Crippen molar-refractivity contribution in [3.8, 4) is 0 Å². The molecule has 1 aliphatic carbocycles. The van der Waals surface area contributed by atoms with Crippen LogP contribution in [0.25, 0.3) is 0 Å². The van der Waals surface area contributed by atoms with Gasteiger partial charge in [0.1, 0.15) is 0 Å². The number of amides is 2. The smallest absolute Gasteiger partial charge is 0.250 e. The van der Waals surface area contributed by atoms with E-state index >= 15 is 0 Å². The molecular formula is C20H33N3O4. The van der Waals surface area contributed by atoms with Crippen molar-refractivity contribution >= 4 is 11.8 Å². The standard InChI is InChI=1S/C20H33N3O4/c1-26-12-11-23-18-6-3-2-5-16(18)17(20(23)25)15-19(24)21-7-4-8-22-9-13-27-14-10-22/h18H,2-15H2,1H3,(H,21,24). The van der Waals surface area contributed by atoms with E-state index in [1.165, 1.54) is 5.57 Å². The third kappa shape index (κ3) is 5.30. The molecule has 2 aliphatic heterocycles. The number of carbonyl (C=O) groups is 2. The van der Waals surface area contributed by atoms with Crippen LogP contribution in [0.5, 0.6) is 0 Å². The van der Waals surface area contributed by atoms with Crippen molar-refractivity contribution < 1.29 is 19.1 Å². The van der Waals surface area contributed by atoms with Crippen molar-refractivity contribution in [1.82, 2.24) is 15.1 Å². The maximum Gasteiger partial charge on any atom is 0.250 e. The highest BCUT2D eigenvalue weighted by Crippen LogP contribution is 2.37. The molecule has 3 rings (SSSR count). The Hall–Kier alpha value is -1.44. The fourth-order valence-electron chi connectivity index (χ4n) is 4.36. The second kappa shape index (κ2) is 10.2. The van der Waals surface area contributed by atoms with E-state index in [9.17, 15) is 9.59 Å². The highest BCUT2D eigenvalue weighted by atomic mass is 16.5. The van der Waals surface area contributed by atoms with E-state index in [0.717, 1.165) is 70.5 Å². The van der Waals surface area contributed by atoms with Gasteiger partial charge in [-0.05, 0) is 37.8 Å². The second-order valence-corrected chi connectivity index (χ2v) is 7.59. The molecule has 7 nitrogen and oxygen atoms in total. The predicted octanol–water partition coefficient (Wildman–Crippen LogP) is 0.943. The lowest BCUT2D eigenvalue weighted by Gasteiger charge is -2.29. The van der Waals surface area contributed by atoms with Crippen LogP contribution in [-0.2, 0) is 19.1 Å². The molecule has 0 spiro atoms. The molecule has 2 fully saturated rings. The van der Waals surface area contributed by atoms with Gasteiger partial charge in [0.05, 0.1) is 32.3 Å². The van der Waals surface area contributed by atoms with E-state index in [1.54, 1.807) is 7.11 Å². The van der Waals surface area contributed by atoms with Crippen molar-refractivity contribution in [2.24, 2.45) is 0 Å². The number of fused-ring (bicyclic) bond motifs is 1. The molecule has 1 N–H and O–H groups in total. The minimum Gasteiger partial charge on any atom is -0.383 e. The topological polar surface area (TPSA) is 71.1 Å². The largest absolute Gasteiger partial charge is 0.383 e. The number of hydrogen-bond donors (Lipinski definition) is 1. The van der Waals surface area contributed by atoms with Gasteiger partial charge in [-0.3, -0.25) is 14.5 Å². The maximum absolute atomic E-state index is 12.9. The zero-order valence-electron chi connectivity index (χ0n) is 16.5. The summed E-state index contributed by atoms with van der Waals surface area (Å²) in [6.45, 7) is 6.31. The van der Waals surface area contributed by atoms with Crippen LogP contribution in [0.4, 0.5) is 0 Å². The number of hydrogen-bond acceptors (Lipinski definition) is 5. The lowest BCUT2D eigenvalue weighted by molar-refractivity contribution is -0.129. The normalized spacial score (nSPS) is 23.7. The molecule has 1 saturated heterocycles. The van der Waals surface area contributed by atoms with E-state index in [0.29, 0.717) is 19.7 Å². The molecular weight excluding hydrogens is 346 g/mol. The van der Waals surface area contributed by atoms with Gasteiger partial charge in [-0.25, -0.2) is 0 Å². The lowest BCUT2D eigenvalue weighted by atomic mass is 9.88. The van der Waals surface area contributed by atoms with Gasteiger partial charge >= 0.3 is 0 Å². The molecule has 0 radical (unpaired) electrons. The molecule has 152 valence electrons. The van der Waals surface area contributed by atoms with Crippen LogP contribution in [0.2, 0.25) is 0 Å². The minimum absolute atomic E-state index is 0.0363. The first-order valence-electron chi connectivity index (χ1n) is 10.3. The van der Waals surface area contributed by atoms with Gasteiger partial charge in [0.25, 0.3) is 5.91 Å². The van der Waals surface area contributed by atoms with Gasteiger partial charge in [-0.15, -0.1) is 0 Å². The number of ether oxygens (including phenoxy) is 2. The molecule has 2 amide bonds. The summed E-state index contributed by atoms with van der Waals surface area (Å²) in [5, 5.41) is 3.00. The Morgan fingerprint density at radius 1 is 1.26 bits per heavy atom. The summed E-state index contributed by atoms with van der Waals surface area (Å²) in [7, 11) is 1.65. The van der Waals surface area contributed by atoms with E-state index in [1.807, 2.05) is 4.90 Å². The molecule has 1 unspecified atom stereocenters. The van der Waals surface area contributed by atoms with E-state index in [2.05, 4.69) is 10.2 Å². The van der Waals surface area contributed by atoms with Crippen LogP contribution in [0.3, 0.4) is 0 Å². The van der Waals surface area contributed by atoms with Crippen molar-refractivity contribution in [2.75, 3.05) is 59.7 Å². The fourth-order valence-corrected chi connectivity index (χ4v) is 4.36. The third-order valence-corrected chi connectivity index (χ3v) is 5.81. The Balaban J connectivity index is 1.47. The molecule has 0 bridgehead atoms. The molecule has 7 heteroatoms. The number of nitrogens with zero attached hydrogens (tertiary/aromatic N) is 2. The van der Waals surface area contributed by atoms with Gasteiger partial charge in [0.2, 0.25) is 5.91 Å². The van der Waals surface area contributed by atoms with Gasteiger partial charge in [-0.1, -0.05) is 6.42 Å². The third-order valence-electron chi connectivity index (χ3n) is 5.81. The molecule has 27 heavy (non-hydrogen) atoms. The first-order chi connectivity index (χ1) is 13.2. The van der Waals surface area contributed by atoms with Crippen molar-refractivity contribution in [3.63, 3.8) is 0 Å². The molecule has 1 saturated carbocycles. The first-order valence-corrected chi connectivity index (χ1v) is 10.3. The molecule has 3 aliphatic rings. The number of morpholine rings is 1.